The molecule has 0 spiro atoms. The Labute approximate surface area is 205 Å². The predicted octanol–water partition coefficient (Wildman–Crippen LogP) is 3.97. The number of alkyl halides is 3. The molecule has 2 aromatic rings. The van der Waals surface area contributed by atoms with Crippen LogP contribution in [0.2, 0.25) is 0 Å². The molecule has 7 nitrogen and oxygen atoms in total. The third-order valence-electron chi connectivity index (χ3n) is 6.52. The van der Waals surface area contributed by atoms with Crippen LogP contribution in [-0.2, 0) is 26.2 Å². The number of carbonyl (C=O) groups excluding carboxylic acids is 3. The third kappa shape index (κ3) is 5.71. The zero-order chi connectivity index (χ0) is 26.1. The smallest absolute Gasteiger partial charge is 0.368 e. The van der Waals surface area contributed by atoms with Crippen molar-refractivity contribution in [1.29, 1.82) is 0 Å². The molecule has 190 valence electrons. The second kappa shape index (κ2) is 10.0. The van der Waals surface area contributed by atoms with E-state index in [9.17, 15) is 27.6 Å². The second-order valence-corrected chi connectivity index (χ2v) is 10.6. The Morgan fingerprint density at radius 3 is 2.54 bits per heavy atom. The van der Waals surface area contributed by atoms with Crippen LogP contribution >= 0.6 is 11.3 Å². The molecular formula is C24H29F3N4O3S. The van der Waals surface area contributed by atoms with Gasteiger partial charge in [-0.3, -0.25) is 14.6 Å². The van der Waals surface area contributed by atoms with Gasteiger partial charge in [0.15, 0.2) is 0 Å². The molecule has 0 aromatic carbocycles. The fourth-order valence-corrected chi connectivity index (χ4v) is 5.35. The van der Waals surface area contributed by atoms with Gasteiger partial charge in [0.1, 0.15) is 22.2 Å². The van der Waals surface area contributed by atoms with E-state index in [2.05, 4.69) is 9.97 Å². The van der Waals surface area contributed by atoms with Gasteiger partial charge in [-0.25, -0.2) is 4.98 Å². The molecular weight excluding hydrogens is 481 g/mol. The SMILES string of the molecule is CC(=O)CC[C@@H]1CCN(C(=O)Cc2nc(C)c(-c3ccnc(C(C)(C)C(F)(F)F)c3)s2)[C@@H]1C(N)=O. The monoisotopic (exact) mass is 510 g/mol. The van der Waals surface area contributed by atoms with Crippen molar-refractivity contribution < 1.29 is 27.6 Å². The zero-order valence-corrected chi connectivity index (χ0v) is 20.9. The summed E-state index contributed by atoms with van der Waals surface area (Å²) in [5, 5.41) is 0.492. The molecule has 1 aliphatic rings. The number of hydrogen-bond donors (Lipinski definition) is 1. The summed E-state index contributed by atoms with van der Waals surface area (Å²) in [6.07, 6.45) is -1.78. The Kier molecular flexibility index (Phi) is 7.68. The number of halogens is 3. The lowest BCUT2D eigenvalue weighted by Gasteiger charge is -2.27. The highest BCUT2D eigenvalue weighted by Gasteiger charge is 2.49. The van der Waals surface area contributed by atoms with Gasteiger partial charge in [-0.2, -0.15) is 13.2 Å². The molecule has 2 amide bonds. The van der Waals surface area contributed by atoms with Crippen molar-refractivity contribution in [2.24, 2.45) is 11.7 Å². The summed E-state index contributed by atoms with van der Waals surface area (Å²) >= 11 is 1.22. The molecule has 0 bridgehead atoms. The fraction of sp³-hybridized carbons (Fsp3) is 0.542. The standard InChI is InChI=1S/C24H29F3N4O3S/c1-13(32)5-6-15-8-10-31(20(15)22(28)34)19(33)12-18-30-14(2)21(35-18)16-7-9-29-17(11-16)23(3,4)24(25,26)27/h7,9,11,15,20H,5-6,8,10,12H2,1-4H3,(H2,28,34)/t15-,20+/m1/s1. The van der Waals surface area contributed by atoms with E-state index < -0.39 is 23.5 Å². The molecule has 3 rings (SSSR count). The van der Waals surface area contributed by atoms with Gasteiger partial charge < -0.3 is 15.4 Å². The van der Waals surface area contributed by atoms with E-state index in [1.165, 1.54) is 35.4 Å². The van der Waals surface area contributed by atoms with Gasteiger partial charge in [0.05, 0.1) is 22.7 Å². The van der Waals surface area contributed by atoms with E-state index in [0.717, 1.165) is 13.8 Å². The topological polar surface area (TPSA) is 106 Å². The van der Waals surface area contributed by atoms with E-state index in [1.54, 1.807) is 13.0 Å². The van der Waals surface area contributed by atoms with Gasteiger partial charge in [0, 0.05) is 19.2 Å². The minimum atomic E-state index is -4.46. The summed E-state index contributed by atoms with van der Waals surface area (Å²) in [6.45, 7) is 5.74. The number of hydrogen-bond acceptors (Lipinski definition) is 6. The van der Waals surface area contributed by atoms with Crippen LogP contribution in [0.15, 0.2) is 18.3 Å². The molecule has 3 heterocycles. The van der Waals surface area contributed by atoms with Crippen LogP contribution in [0.4, 0.5) is 13.2 Å². The van der Waals surface area contributed by atoms with Crippen molar-refractivity contribution in [3.05, 3.63) is 34.7 Å². The largest absolute Gasteiger partial charge is 0.399 e. The summed E-state index contributed by atoms with van der Waals surface area (Å²) in [6, 6.07) is 2.25. The van der Waals surface area contributed by atoms with Gasteiger partial charge in [0.25, 0.3) is 0 Å². The maximum absolute atomic E-state index is 13.5. The van der Waals surface area contributed by atoms with E-state index in [0.29, 0.717) is 46.9 Å². The first kappa shape index (κ1) is 26.8. The molecule has 2 N–H and O–H groups in total. The summed E-state index contributed by atoms with van der Waals surface area (Å²) in [5.41, 5.74) is 4.48. The van der Waals surface area contributed by atoms with Crippen LogP contribution in [-0.4, -0.2) is 51.2 Å². The van der Waals surface area contributed by atoms with Crippen molar-refractivity contribution in [2.75, 3.05) is 6.54 Å². The molecule has 0 aliphatic carbocycles. The number of thiazole rings is 1. The molecule has 0 unspecified atom stereocenters. The molecule has 0 saturated carbocycles. The summed E-state index contributed by atoms with van der Waals surface area (Å²) in [4.78, 5) is 47.0. The van der Waals surface area contributed by atoms with Crippen molar-refractivity contribution in [3.63, 3.8) is 0 Å². The first-order chi connectivity index (χ1) is 16.2. The Balaban J connectivity index is 1.80. The minimum Gasteiger partial charge on any atom is -0.368 e. The molecule has 35 heavy (non-hydrogen) atoms. The average Bonchev–Trinajstić information content (AvgIpc) is 3.35. The molecule has 2 aromatic heterocycles. The fourth-order valence-electron chi connectivity index (χ4n) is 4.30. The number of nitrogens with two attached hydrogens (primary N) is 1. The van der Waals surface area contributed by atoms with E-state index in [-0.39, 0.29) is 29.7 Å². The maximum atomic E-state index is 13.5. The molecule has 1 aliphatic heterocycles. The summed E-state index contributed by atoms with van der Waals surface area (Å²) < 4.78 is 40.5. The number of rotatable bonds is 8. The molecule has 2 atom stereocenters. The number of Topliss-reactive ketones (excluding diaryl/α,β-unsaturated/α-hetero) is 1. The van der Waals surface area contributed by atoms with Gasteiger partial charge in [-0.15, -0.1) is 11.3 Å². The summed E-state index contributed by atoms with van der Waals surface area (Å²) in [5.74, 6) is -1.05. The van der Waals surface area contributed by atoms with Gasteiger partial charge >= 0.3 is 6.18 Å². The number of aromatic nitrogens is 2. The van der Waals surface area contributed by atoms with Crippen LogP contribution < -0.4 is 5.73 Å². The zero-order valence-electron chi connectivity index (χ0n) is 20.1. The van der Waals surface area contributed by atoms with Crippen LogP contribution in [0.25, 0.3) is 10.4 Å². The quantitative estimate of drug-likeness (QED) is 0.579. The van der Waals surface area contributed by atoms with Gasteiger partial charge in [-0.1, -0.05) is 0 Å². The van der Waals surface area contributed by atoms with E-state index in [1.807, 2.05) is 0 Å². The van der Waals surface area contributed by atoms with Crippen molar-refractivity contribution in [2.45, 2.75) is 71.0 Å². The summed E-state index contributed by atoms with van der Waals surface area (Å²) in [7, 11) is 0. The van der Waals surface area contributed by atoms with Crippen LogP contribution in [0.1, 0.15) is 56.4 Å². The Morgan fingerprint density at radius 1 is 1.26 bits per heavy atom. The second-order valence-electron chi connectivity index (χ2n) is 9.48. The van der Waals surface area contributed by atoms with Crippen LogP contribution in [0.3, 0.4) is 0 Å². The van der Waals surface area contributed by atoms with Crippen molar-refractivity contribution in [1.82, 2.24) is 14.9 Å². The van der Waals surface area contributed by atoms with Gasteiger partial charge in [-0.05, 0) is 64.2 Å². The maximum Gasteiger partial charge on any atom is 0.399 e. The van der Waals surface area contributed by atoms with E-state index in [4.69, 9.17) is 5.73 Å². The van der Waals surface area contributed by atoms with Crippen LogP contribution in [0.5, 0.6) is 0 Å². The number of likely N-dealkylation sites (tertiary alicyclic amines) is 1. The lowest BCUT2D eigenvalue weighted by Crippen LogP contribution is -2.47. The number of primary amides is 1. The highest BCUT2D eigenvalue weighted by Crippen LogP contribution is 2.41. The van der Waals surface area contributed by atoms with Gasteiger partial charge in [0.2, 0.25) is 11.8 Å². The number of carbonyl (C=O) groups is 3. The lowest BCUT2D eigenvalue weighted by atomic mass is 9.87. The number of ketones is 1. The Morgan fingerprint density at radius 2 is 1.94 bits per heavy atom. The predicted molar refractivity (Wildman–Crippen MR) is 126 cm³/mol. The number of aryl methyl sites for hydroxylation is 1. The average molecular weight is 511 g/mol. The first-order valence-electron chi connectivity index (χ1n) is 11.3. The van der Waals surface area contributed by atoms with Crippen LogP contribution in [0, 0.1) is 12.8 Å². The Bertz CT molecular complexity index is 1130. The normalized spacial score (nSPS) is 18.7. The third-order valence-corrected chi connectivity index (χ3v) is 7.72. The van der Waals surface area contributed by atoms with Crippen molar-refractivity contribution in [3.8, 4) is 10.4 Å². The van der Waals surface area contributed by atoms with E-state index >= 15 is 0 Å². The number of amides is 2. The Hall–Kier alpha value is -2.82. The first-order valence-corrected chi connectivity index (χ1v) is 12.1. The molecule has 11 heteroatoms. The van der Waals surface area contributed by atoms with Crippen molar-refractivity contribution >= 4 is 28.9 Å². The number of pyridine rings is 1. The molecule has 1 fully saturated rings. The minimum absolute atomic E-state index is 0.0154. The lowest BCUT2D eigenvalue weighted by molar-refractivity contribution is -0.181. The molecule has 1 saturated heterocycles. The highest BCUT2D eigenvalue weighted by molar-refractivity contribution is 7.15. The highest BCUT2D eigenvalue weighted by atomic mass is 32.1. The number of nitrogens with zero attached hydrogens (tertiary/aromatic N) is 3. The molecule has 0 radical (unpaired) electrons.